The number of nitrogens with zero attached hydrogens (tertiary/aromatic N) is 2. The maximum absolute atomic E-state index is 12.3. The van der Waals surface area contributed by atoms with Crippen LogP contribution in [0.4, 0.5) is 0 Å². The fourth-order valence-corrected chi connectivity index (χ4v) is 2.08. The predicted molar refractivity (Wildman–Crippen MR) is 70.3 cm³/mol. The van der Waals surface area contributed by atoms with Gasteiger partial charge in [-0.05, 0) is 26.0 Å². The lowest BCUT2D eigenvalue weighted by Gasteiger charge is -2.03. The van der Waals surface area contributed by atoms with Crippen molar-refractivity contribution in [1.82, 2.24) is 9.55 Å². The van der Waals surface area contributed by atoms with Crippen molar-refractivity contribution in [3.05, 3.63) is 51.5 Å². The van der Waals surface area contributed by atoms with E-state index in [1.165, 1.54) is 0 Å². The molecule has 0 unspecified atom stereocenters. The number of hydrogen-bond donors (Lipinski definition) is 0. The standard InChI is InChI=1S/C13H13BrN2O/c1-8-9(2)16(3)13(15-8)12(17)10-5-4-6-11(14)7-10/h4-7H,1-3H3. The van der Waals surface area contributed by atoms with Crippen LogP contribution in [0.25, 0.3) is 0 Å². The lowest BCUT2D eigenvalue weighted by atomic mass is 10.1. The highest BCUT2D eigenvalue weighted by molar-refractivity contribution is 9.10. The predicted octanol–water partition coefficient (Wildman–Crippen LogP) is 3.03. The molecule has 0 saturated heterocycles. The monoisotopic (exact) mass is 292 g/mol. The van der Waals surface area contributed by atoms with Gasteiger partial charge in [-0.1, -0.05) is 28.1 Å². The smallest absolute Gasteiger partial charge is 0.228 e. The molecular formula is C13H13BrN2O. The lowest BCUT2D eigenvalue weighted by molar-refractivity contribution is 0.102. The molecule has 0 radical (unpaired) electrons. The van der Waals surface area contributed by atoms with E-state index in [-0.39, 0.29) is 5.78 Å². The van der Waals surface area contributed by atoms with Crippen molar-refractivity contribution >= 4 is 21.7 Å². The molecule has 0 atom stereocenters. The first-order valence-corrected chi connectivity index (χ1v) is 6.10. The lowest BCUT2D eigenvalue weighted by Crippen LogP contribution is -2.09. The van der Waals surface area contributed by atoms with Gasteiger partial charge >= 0.3 is 0 Å². The molecule has 0 bridgehead atoms. The number of benzene rings is 1. The van der Waals surface area contributed by atoms with E-state index >= 15 is 0 Å². The summed E-state index contributed by atoms with van der Waals surface area (Å²) >= 11 is 3.36. The highest BCUT2D eigenvalue weighted by Gasteiger charge is 2.17. The topological polar surface area (TPSA) is 34.9 Å². The first-order valence-electron chi connectivity index (χ1n) is 5.31. The van der Waals surface area contributed by atoms with E-state index < -0.39 is 0 Å². The fourth-order valence-electron chi connectivity index (χ4n) is 1.68. The van der Waals surface area contributed by atoms with Crippen molar-refractivity contribution in [2.45, 2.75) is 13.8 Å². The summed E-state index contributed by atoms with van der Waals surface area (Å²) in [4.78, 5) is 16.6. The highest BCUT2D eigenvalue weighted by Crippen LogP contribution is 2.16. The summed E-state index contributed by atoms with van der Waals surface area (Å²) in [5.41, 5.74) is 2.56. The molecule has 88 valence electrons. The zero-order valence-corrected chi connectivity index (χ0v) is 11.6. The Hall–Kier alpha value is -1.42. The number of rotatable bonds is 2. The quantitative estimate of drug-likeness (QED) is 0.798. The highest BCUT2D eigenvalue weighted by atomic mass is 79.9. The number of imidazole rings is 1. The van der Waals surface area contributed by atoms with Crippen LogP contribution in [-0.2, 0) is 7.05 Å². The third-order valence-electron chi connectivity index (χ3n) is 2.91. The van der Waals surface area contributed by atoms with Crippen LogP contribution in [0, 0.1) is 13.8 Å². The second-order valence-corrected chi connectivity index (χ2v) is 4.92. The maximum Gasteiger partial charge on any atom is 0.228 e. The van der Waals surface area contributed by atoms with Crippen molar-refractivity contribution in [3.63, 3.8) is 0 Å². The van der Waals surface area contributed by atoms with Crippen LogP contribution in [0.1, 0.15) is 27.6 Å². The molecule has 3 nitrogen and oxygen atoms in total. The second-order valence-electron chi connectivity index (χ2n) is 4.00. The molecule has 17 heavy (non-hydrogen) atoms. The van der Waals surface area contributed by atoms with Gasteiger partial charge in [0.15, 0.2) is 5.82 Å². The molecule has 0 aliphatic rings. The maximum atomic E-state index is 12.3. The largest absolute Gasteiger partial charge is 0.328 e. The SMILES string of the molecule is Cc1nc(C(=O)c2cccc(Br)c2)n(C)c1C. The minimum Gasteiger partial charge on any atom is -0.328 e. The van der Waals surface area contributed by atoms with Crippen molar-refractivity contribution in [2.75, 3.05) is 0 Å². The minimum atomic E-state index is -0.0509. The molecule has 0 amide bonds. The first kappa shape index (κ1) is 12.0. The van der Waals surface area contributed by atoms with E-state index in [1.807, 2.05) is 43.7 Å². The van der Waals surface area contributed by atoms with Gasteiger partial charge in [-0.3, -0.25) is 4.79 Å². The molecule has 0 spiro atoms. The third-order valence-corrected chi connectivity index (χ3v) is 3.40. The van der Waals surface area contributed by atoms with E-state index in [2.05, 4.69) is 20.9 Å². The van der Waals surface area contributed by atoms with Crippen molar-refractivity contribution in [1.29, 1.82) is 0 Å². The average molecular weight is 293 g/mol. The summed E-state index contributed by atoms with van der Waals surface area (Å²) in [5, 5.41) is 0. The van der Waals surface area contributed by atoms with Gasteiger partial charge in [0.1, 0.15) is 0 Å². The molecule has 0 saturated carbocycles. The van der Waals surface area contributed by atoms with Gasteiger partial charge in [0, 0.05) is 22.8 Å². The normalized spacial score (nSPS) is 10.6. The number of hydrogen-bond acceptors (Lipinski definition) is 2. The van der Waals surface area contributed by atoms with Crippen LogP contribution < -0.4 is 0 Å². The summed E-state index contributed by atoms with van der Waals surface area (Å²) in [6, 6.07) is 7.35. The van der Waals surface area contributed by atoms with Crippen molar-refractivity contribution in [2.24, 2.45) is 7.05 Å². The molecule has 1 aromatic carbocycles. The van der Waals surface area contributed by atoms with Crippen LogP contribution in [0.3, 0.4) is 0 Å². The van der Waals surface area contributed by atoms with Crippen molar-refractivity contribution < 1.29 is 4.79 Å². The van der Waals surface area contributed by atoms with Gasteiger partial charge in [0.05, 0.1) is 5.69 Å². The zero-order chi connectivity index (χ0) is 12.6. The van der Waals surface area contributed by atoms with Gasteiger partial charge in [0.25, 0.3) is 0 Å². The first-order chi connectivity index (χ1) is 8.00. The number of carbonyl (C=O) groups is 1. The molecule has 4 heteroatoms. The number of ketones is 1. The average Bonchev–Trinajstić information content (AvgIpc) is 2.56. The van der Waals surface area contributed by atoms with Crippen LogP contribution in [0.15, 0.2) is 28.7 Å². The molecule has 2 rings (SSSR count). The molecular weight excluding hydrogens is 280 g/mol. The fraction of sp³-hybridized carbons (Fsp3) is 0.231. The molecule has 0 fully saturated rings. The summed E-state index contributed by atoms with van der Waals surface area (Å²) in [7, 11) is 1.86. The zero-order valence-electron chi connectivity index (χ0n) is 9.99. The van der Waals surface area contributed by atoms with Crippen LogP contribution >= 0.6 is 15.9 Å². The molecule has 1 aromatic heterocycles. The van der Waals surface area contributed by atoms with Crippen LogP contribution in [0.5, 0.6) is 0 Å². The van der Waals surface area contributed by atoms with Crippen LogP contribution in [0.2, 0.25) is 0 Å². The third kappa shape index (κ3) is 2.17. The van der Waals surface area contributed by atoms with E-state index in [4.69, 9.17) is 0 Å². The van der Waals surface area contributed by atoms with Gasteiger partial charge in [-0.25, -0.2) is 4.98 Å². The Labute approximate surface area is 109 Å². The van der Waals surface area contributed by atoms with Gasteiger partial charge in [-0.2, -0.15) is 0 Å². The Kier molecular flexibility index (Phi) is 3.15. The minimum absolute atomic E-state index is 0.0509. The van der Waals surface area contributed by atoms with Crippen LogP contribution in [-0.4, -0.2) is 15.3 Å². The molecule has 1 heterocycles. The van der Waals surface area contributed by atoms with Gasteiger partial charge in [-0.15, -0.1) is 0 Å². The summed E-state index contributed by atoms with van der Waals surface area (Å²) in [6.07, 6.45) is 0. The Balaban J connectivity index is 2.47. The molecule has 0 aliphatic carbocycles. The number of aryl methyl sites for hydroxylation is 1. The van der Waals surface area contributed by atoms with E-state index in [1.54, 1.807) is 6.07 Å². The van der Waals surface area contributed by atoms with E-state index in [0.717, 1.165) is 15.9 Å². The summed E-state index contributed by atoms with van der Waals surface area (Å²) < 4.78 is 2.73. The number of halogens is 1. The Morgan fingerprint density at radius 2 is 2.06 bits per heavy atom. The Morgan fingerprint density at radius 3 is 2.59 bits per heavy atom. The second kappa shape index (κ2) is 4.45. The molecule has 0 N–H and O–H groups in total. The Bertz CT molecular complexity index is 587. The number of aromatic nitrogens is 2. The van der Waals surface area contributed by atoms with Gasteiger partial charge in [0.2, 0.25) is 5.78 Å². The summed E-state index contributed by atoms with van der Waals surface area (Å²) in [5.74, 6) is 0.433. The Morgan fingerprint density at radius 1 is 1.35 bits per heavy atom. The number of carbonyl (C=O) groups excluding carboxylic acids is 1. The molecule has 0 aliphatic heterocycles. The molecule has 2 aromatic rings. The van der Waals surface area contributed by atoms with E-state index in [9.17, 15) is 4.79 Å². The summed E-state index contributed by atoms with van der Waals surface area (Å²) in [6.45, 7) is 3.87. The van der Waals surface area contributed by atoms with Gasteiger partial charge < -0.3 is 4.57 Å². The van der Waals surface area contributed by atoms with E-state index in [0.29, 0.717) is 11.4 Å². The van der Waals surface area contributed by atoms with Crippen molar-refractivity contribution in [3.8, 4) is 0 Å².